The maximum Gasteiger partial charge on any atom is 0.140 e. The maximum absolute atomic E-state index is 4.73. The third-order valence-corrected chi connectivity index (χ3v) is 5.42. The highest BCUT2D eigenvalue weighted by atomic mass is 15.1. The number of benzene rings is 1. The van der Waals surface area contributed by atoms with Gasteiger partial charge in [-0.2, -0.15) is 0 Å². The molecule has 1 saturated heterocycles. The van der Waals surface area contributed by atoms with Gasteiger partial charge in [-0.15, -0.1) is 0 Å². The first kappa shape index (κ1) is 16.3. The summed E-state index contributed by atoms with van der Waals surface area (Å²) in [7, 11) is 0. The number of piperidine rings is 1. The Bertz CT molecular complexity index is 811. The minimum absolute atomic E-state index is 1.02. The minimum atomic E-state index is 1.02. The fraction of sp³-hybridized carbons (Fsp3) is 0.409. The first-order valence-electron chi connectivity index (χ1n) is 9.40. The number of hydrogen-bond acceptors (Lipinski definition) is 2. The number of fused-ring (bicyclic) bond motifs is 2. The summed E-state index contributed by atoms with van der Waals surface area (Å²) in [5.41, 5.74) is 7.25. The van der Waals surface area contributed by atoms with Crippen molar-refractivity contribution >= 4 is 5.57 Å². The van der Waals surface area contributed by atoms with Crippen molar-refractivity contribution in [1.29, 1.82) is 0 Å². The molecule has 130 valence electrons. The van der Waals surface area contributed by atoms with E-state index in [0.717, 1.165) is 51.3 Å². The van der Waals surface area contributed by atoms with E-state index in [1.807, 2.05) is 6.20 Å². The molecule has 2 aliphatic heterocycles. The molecular formula is C22H27N3. The predicted octanol–water partition coefficient (Wildman–Crippen LogP) is 4.30. The van der Waals surface area contributed by atoms with Crippen LogP contribution in [-0.2, 0) is 13.0 Å². The van der Waals surface area contributed by atoms with Crippen molar-refractivity contribution in [3.05, 3.63) is 70.8 Å². The van der Waals surface area contributed by atoms with Gasteiger partial charge >= 0.3 is 0 Å². The van der Waals surface area contributed by atoms with E-state index in [2.05, 4.69) is 59.9 Å². The number of rotatable bonds is 2. The van der Waals surface area contributed by atoms with E-state index in [1.54, 1.807) is 5.57 Å². The summed E-state index contributed by atoms with van der Waals surface area (Å²) in [6, 6.07) is 8.91. The third kappa shape index (κ3) is 3.34. The molecule has 1 aromatic heterocycles. The second-order valence-corrected chi connectivity index (χ2v) is 7.41. The number of nitrogens with zero attached hydrogens (tertiary/aromatic N) is 3. The Morgan fingerprint density at radius 2 is 1.88 bits per heavy atom. The monoisotopic (exact) mass is 333 g/mol. The van der Waals surface area contributed by atoms with Crippen molar-refractivity contribution in [2.75, 3.05) is 19.6 Å². The number of aromatic nitrogens is 2. The van der Waals surface area contributed by atoms with Gasteiger partial charge in [0.15, 0.2) is 0 Å². The Balaban J connectivity index is 1.68. The zero-order chi connectivity index (χ0) is 17.2. The number of hydrogen-bond donors (Lipinski definition) is 0. The van der Waals surface area contributed by atoms with Gasteiger partial charge in [0.05, 0.1) is 0 Å². The van der Waals surface area contributed by atoms with Gasteiger partial charge < -0.3 is 4.57 Å². The highest BCUT2D eigenvalue weighted by molar-refractivity contribution is 5.81. The molecule has 1 aromatic carbocycles. The fourth-order valence-corrected chi connectivity index (χ4v) is 3.98. The molecule has 2 aromatic rings. The second kappa shape index (κ2) is 7.01. The zero-order valence-corrected chi connectivity index (χ0v) is 15.3. The van der Waals surface area contributed by atoms with E-state index in [-0.39, 0.29) is 0 Å². The van der Waals surface area contributed by atoms with E-state index in [1.165, 1.54) is 22.3 Å². The summed E-state index contributed by atoms with van der Waals surface area (Å²) in [5.74, 6) is 1.16. The van der Waals surface area contributed by atoms with Crippen LogP contribution in [0.4, 0.5) is 0 Å². The van der Waals surface area contributed by atoms with Crippen LogP contribution in [0, 0.1) is 0 Å². The summed E-state index contributed by atoms with van der Waals surface area (Å²) in [6.07, 6.45) is 9.80. The summed E-state index contributed by atoms with van der Waals surface area (Å²) in [6.45, 7) is 8.75. The van der Waals surface area contributed by atoms with Crippen LogP contribution in [0.1, 0.15) is 43.6 Å². The van der Waals surface area contributed by atoms with Crippen molar-refractivity contribution in [2.45, 2.75) is 39.7 Å². The molecule has 4 rings (SSSR count). The molecular weight excluding hydrogens is 306 g/mol. The Hall–Kier alpha value is -2.13. The average molecular weight is 333 g/mol. The number of aryl methyl sites for hydroxylation is 2. The lowest BCUT2D eigenvalue weighted by Gasteiger charge is -2.29. The molecule has 0 spiro atoms. The smallest absolute Gasteiger partial charge is 0.140 e. The van der Waals surface area contributed by atoms with Crippen LogP contribution in [0.25, 0.3) is 5.57 Å². The topological polar surface area (TPSA) is 21.1 Å². The van der Waals surface area contributed by atoms with Crippen LogP contribution in [-0.4, -0.2) is 34.1 Å². The van der Waals surface area contributed by atoms with Crippen LogP contribution in [0.3, 0.4) is 0 Å². The summed E-state index contributed by atoms with van der Waals surface area (Å²) >= 11 is 0. The molecule has 2 aliphatic rings. The minimum Gasteiger partial charge on any atom is -0.331 e. The Kier molecular flexibility index (Phi) is 4.58. The first-order valence-corrected chi connectivity index (χ1v) is 9.40. The van der Waals surface area contributed by atoms with E-state index < -0.39 is 0 Å². The van der Waals surface area contributed by atoms with Gasteiger partial charge in [-0.25, -0.2) is 4.98 Å². The normalized spacial score (nSPS) is 17.7. The molecule has 3 heteroatoms. The first-order chi connectivity index (χ1) is 12.2. The lowest BCUT2D eigenvalue weighted by Crippen LogP contribution is -2.31. The van der Waals surface area contributed by atoms with Gasteiger partial charge in [-0.3, -0.25) is 4.90 Å². The van der Waals surface area contributed by atoms with Crippen molar-refractivity contribution in [3.63, 3.8) is 0 Å². The summed E-state index contributed by atoms with van der Waals surface area (Å²) in [4.78, 5) is 7.29. The van der Waals surface area contributed by atoms with Crippen molar-refractivity contribution in [2.24, 2.45) is 0 Å². The molecule has 0 N–H and O–H groups in total. The van der Waals surface area contributed by atoms with E-state index in [4.69, 9.17) is 4.98 Å². The van der Waals surface area contributed by atoms with E-state index in [0.29, 0.717) is 0 Å². The van der Waals surface area contributed by atoms with Crippen molar-refractivity contribution in [3.8, 4) is 0 Å². The van der Waals surface area contributed by atoms with Crippen molar-refractivity contribution in [1.82, 2.24) is 14.5 Å². The Morgan fingerprint density at radius 1 is 1.08 bits per heavy atom. The molecule has 3 heterocycles. The molecule has 1 fully saturated rings. The van der Waals surface area contributed by atoms with Gasteiger partial charge in [0, 0.05) is 44.1 Å². The number of allylic oxidation sites excluding steroid dienone is 1. The number of imidazole rings is 1. The zero-order valence-electron chi connectivity index (χ0n) is 15.3. The van der Waals surface area contributed by atoms with E-state index in [9.17, 15) is 0 Å². The lowest BCUT2D eigenvalue weighted by atomic mass is 9.90. The average Bonchev–Trinajstić information content (AvgIpc) is 3.02. The maximum atomic E-state index is 4.73. The highest BCUT2D eigenvalue weighted by Crippen LogP contribution is 2.35. The third-order valence-electron chi connectivity index (χ3n) is 5.42. The largest absolute Gasteiger partial charge is 0.331 e. The molecule has 0 amide bonds. The summed E-state index contributed by atoms with van der Waals surface area (Å²) in [5, 5.41) is 0. The molecule has 0 saturated carbocycles. The molecule has 0 radical (unpaired) electrons. The lowest BCUT2D eigenvalue weighted by molar-refractivity contribution is 0.283. The molecule has 0 aliphatic carbocycles. The molecule has 0 unspecified atom stereocenters. The van der Waals surface area contributed by atoms with Gasteiger partial charge in [0.25, 0.3) is 0 Å². The van der Waals surface area contributed by atoms with Gasteiger partial charge in [-0.1, -0.05) is 41.5 Å². The number of likely N-dealkylation sites (tertiary alicyclic amines) is 1. The van der Waals surface area contributed by atoms with Gasteiger partial charge in [-0.05, 0) is 44.2 Å². The molecule has 25 heavy (non-hydrogen) atoms. The molecule has 0 atom stereocenters. The van der Waals surface area contributed by atoms with Crippen molar-refractivity contribution < 1.29 is 0 Å². The predicted molar refractivity (Wildman–Crippen MR) is 104 cm³/mol. The van der Waals surface area contributed by atoms with Gasteiger partial charge in [0.2, 0.25) is 0 Å². The van der Waals surface area contributed by atoms with Crippen LogP contribution in [0.5, 0.6) is 0 Å². The quantitative estimate of drug-likeness (QED) is 0.764. The van der Waals surface area contributed by atoms with Crippen LogP contribution < -0.4 is 0 Å². The fourth-order valence-electron chi connectivity index (χ4n) is 3.98. The SMILES string of the molecule is CC(C)=CCN1CCC(=C2c3ccccc3CCn3ccnc32)CC1. The molecule has 3 nitrogen and oxygen atoms in total. The highest BCUT2D eigenvalue weighted by Gasteiger charge is 2.24. The van der Waals surface area contributed by atoms with Crippen LogP contribution in [0.15, 0.2) is 53.9 Å². The van der Waals surface area contributed by atoms with Gasteiger partial charge in [0.1, 0.15) is 5.82 Å². The second-order valence-electron chi connectivity index (χ2n) is 7.41. The van der Waals surface area contributed by atoms with Crippen LogP contribution >= 0.6 is 0 Å². The Labute approximate surface area is 150 Å². The van der Waals surface area contributed by atoms with Crippen LogP contribution in [0.2, 0.25) is 0 Å². The Morgan fingerprint density at radius 3 is 2.68 bits per heavy atom. The van der Waals surface area contributed by atoms with E-state index >= 15 is 0 Å². The summed E-state index contributed by atoms with van der Waals surface area (Å²) < 4.78 is 2.33. The molecule has 0 bridgehead atoms. The standard InChI is InChI=1S/C22H27N3/c1-17(2)7-12-24-13-8-19(9-14-24)21-20-6-4-3-5-18(20)10-15-25-16-11-23-22(21)25/h3-7,11,16H,8-10,12-15H2,1-2H3.